The van der Waals surface area contributed by atoms with Gasteiger partial charge in [0, 0.05) is 6.42 Å². The van der Waals surface area contributed by atoms with Crippen LogP contribution in [0.25, 0.3) is 0 Å². The molecule has 0 saturated heterocycles. The first-order chi connectivity index (χ1) is 14.0. The number of ether oxygens (including phenoxy) is 1. The highest BCUT2D eigenvalue weighted by atomic mass is 16.5. The van der Waals surface area contributed by atoms with Crippen molar-refractivity contribution in [2.45, 2.75) is 45.3 Å². The standard InChI is InChI=1S/C20H30N4O6/c1-11(2)17(20(29)30-4)24-16(26)10-22-18(27)12(3)23-19(28)15(21)9-13-5-7-14(25)8-6-13/h5-8,11-12,15,17,25H,9-10,21H2,1-4H3,(H,22,27)(H,23,28)(H,24,26)/p+1/t12-,15+,17-/m0/s1. The molecule has 0 spiro atoms. The number of benzene rings is 1. The summed E-state index contributed by atoms with van der Waals surface area (Å²) in [5, 5.41) is 16.8. The fraction of sp³-hybridized carbons (Fsp3) is 0.500. The second-order valence-corrected chi connectivity index (χ2v) is 7.33. The molecule has 0 aliphatic carbocycles. The predicted octanol–water partition coefficient (Wildman–Crippen LogP) is -1.52. The average molecular weight is 423 g/mol. The zero-order valence-corrected chi connectivity index (χ0v) is 17.7. The Kier molecular flexibility index (Phi) is 9.76. The summed E-state index contributed by atoms with van der Waals surface area (Å²) in [7, 11) is 1.23. The molecule has 10 nitrogen and oxygen atoms in total. The second kappa shape index (κ2) is 11.8. The number of carbonyl (C=O) groups is 4. The summed E-state index contributed by atoms with van der Waals surface area (Å²) in [6, 6.07) is 4.08. The van der Waals surface area contributed by atoms with Crippen LogP contribution in [0.4, 0.5) is 0 Å². The van der Waals surface area contributed by atoms with E-state index in [1.54, 1.807) is 26.0 Å². The van der Waals surface area contributed by atoms with E-state index in [1.165, 1.54) is 26.2 Å². The van der Waals surface area contributed by atoms with E-state index in [2.05, 4.69) is 26.4 Å². The second-order valence-electron chi connectivity index (χ2n) is 7.33. The van der Waals surface area contributed by atoms with Gasteiger partial charge in [0.2, 0.25) is 11.8 Å². The molecule has 7 N–H and O–H groups in total. The quantitative estimate of drug-likeness (QED) is 0.287. The predicted molar refractivity (Wildman–Crippen MR) is 108 cm³/mol. The number of amides is 3. The van der Waals surface area contributed by atoms with Gasteiger partial charge in [-0.1, -0.05) is 26.0 Å². The summed E-state index contributed by atoms with van der Waals surface area (Å²) < 4.78 is 4.65. The summed E-state index contributed by atoms with van der Waals surface area (Å²) in [5.74, 6) is -2.13. The molecule has 10 heteroatoms. The Labute approximate surface area is 175 Å². The van der Waals surface area contributed by atoms with Gasteiger partial charge in [0.1, 0.15) is 17.8 Å². The van der Waals surface area contributed by atoms with Crippen LogP contribution in [0.3, 0.4) is 0 Å². The van der Waals surface area contributed by atoms with Crippen LogP contribution in [0.2, 0.25) is 0 Å². The molecule has 0 bridgehead atoms. The van der Waals surface area contributed by atoms with Crippen LogP contribution in [0.5, 0.6) is 5.75 Å². The molecule has 0 aliphatic rings. The fourth-order valence-electron chi connectivity index (χ4n) is 2.58. The van der Waals surface area contributed by atoms with Gasteiger partial charge in [0.05, 0.1) is 13.7 Å². The van der Waals surface area contributed by atoms with E-state index < -0.39 is 41.8 Å². The number of phenolic OH excluding ortho intramolecular Hbond substituents is 1. The highest BCUT2D eigenvalue weighted by molar-refractivity contribution is 5.92. The molecule has 0 aromatic heterocycles. The summed E-state index contributed by atoms with van der Waals surface area (Å²) in [6.07, 6.45) is 0.340. The summed E-state index contributed by atoms with van der Waals surface area (Å²) >= 11 is 0. The maximum atomic E-state index is 12.3. The molecule has 1 rings (SSSR count). The van der Waals surface area contributed by atoms with Crippen molar-refractivity contribution in [3.8, 4) is 5.75 Å². The number of hydrogen-bond acceptors (Lipinski definition) is 6. The molecule has 166 valence electrons. The molecule has 3 amide bonds. The van der Waals surface area contributed by atoms with Crippen LogP contribution >= 0.6 is 0 Å². The molecule has 3 atom stereocenters. The highest BCUT2D eigenvalue weighted by Gasteiger charge is 2.26. The summed E-state index contributed by atoms with van der Waals surface area (Å²) in [6.45, 7) is 4.65. The molecule has 0 unspecified atom stereocenters. The van der Waals surface area contributed by atoms with Crippen molar-refractivity contribution in [3.63, 3.8) is 0 Å². The lowest BCUT2D eigenvalue weighted by atomic mass is 10.0. The van der Waals surface area contributed by atoms with E-state index in [4.69, 9.17) is 0 Å². The maximum absolute atomic E-state index is 12.3. The van der Waals surface area contributed by atoms with Gasteiger partial charge in [-0.2, -0.15) is 0 Å². The normalized spacial score (nSPS) is 13.7. The Balaban J connectivity index is 2.47. The zero-order chi connectivity index (χ0) is 22.8. The van der Waals surface area contributed by atoms with Crippen LogP contribution in [0.1, 0.15) is 26.3 Å². The SMILES string of the molecule is COC(=O)[C@@H](NC(=O)CNC(=O)[C@H](C)NC(=O)[C@H]([NH3+])Cc1ccc(O)cc1)C(C)C. The van der Waals surface area contributed by atoms with E-state index in [-0.39, 0.29) is 18.2 Å². The van der Waals surface area contributed by atoms with Crippen LogP contribution in [0, 0.1) is 5.92 Å². The molecule has 30 heavy (non-hydrogen) atoms. The van der Waals surface area contributed by atoms with Crippen molar-refractivity contribution in [2.24, 2.45) is 5.92 Å². The summed E-state index contributed by atoms with van der Waals surface area (Å²) in [5.41, 5.74) is 4.62. The molecule has 0 aliphatic heterocycles. The lowest BCUT2D eigenvalue weighted by Gasteiger charge is -2.20. The third kappa shape index (κ3) is 8.08. The number of nitrogens with one attached hydrogen (secondary N) is 3. The van der Waals surface area contributed by atoms with Gasteiger partial charge in [-0.05, 0) is 30.5 Å². The minimum atomic E-state index is -0.879. The summed E-state index contributed by atoms with van der Waals surface area (Å²) in [4.78, 5) is 48.1. The maximum Gasteiger partial charge on any atom is 0.328 e. The van der Waals surface area contributed by atoms with Gasteiger partial charge >= 0.3 is 5.97 Å². The number of carbonyl (C=O) groups excluding carboxylic acids is 4. The Morgan fingerprint density at radius 1 is 1.03 bits per heavy atom. The van der Waals surface area contributed by atoms with Crippen LogP contribution in [-0.4, -0.2) is 60.6 Å². The van der Waals surface area contributed by atoms with Gasteiger partial charge in [-0.15, -0.1) is 0 Å². The monoisotopic (exact) mass is 423 g/mol. The molecule has 0 fully saturated rings. The first-order valence-corrected chi connectivity index (χ1v) is 9.61. The van der Waals surface area contributed by atoms with Crippen molar-refractivity contribution in [1.29, 1.82) is 0 Å². The molecule has 1 aromatic carbocycles. The molecule has 0 radical (unpaired) electrons. The van der Waals surface area contributed by atoms with Gasteiger partial charge in [0.15, 0.2) is 6.04 Å². The molecule has 0 saturated carbocycles. The minimum Gasteiger partial charge on any atom is -0.508 e. The van der Waals surface area contributed by atoms with Crippen molar-refractivity contribution >= 4 is 23.7 Å². The average Bonchev–Trinajstić information content (AvgIpc) is 2.70. The number of hydrogen-bond donors (Lipinski definition) is 5. The van der Waals surface area contributed by atoms with Crippen molar-refractivity contribution in [1.82, 2.24) is 16.0 Å². The lowest BCUT2D eigenvalue weighted by Crippen LogP contribution is -2.69. The number of phenols is 1. The largest absolute Gasteiger partial charge is 0.508 e. The number of methoxy groups -OCH3 is 1. The third-order valence-corrected chi connectivity index (χ3v) is 4.40. The third-order valence-electron chi connectivity index (χ3n) is 4.40. The Hall–Kier alpha value is -3.14. The van der Waals surface area contributed by atoms with Gasteiger partial charge in [-0.3, -0.25) is 14.4 Å². The smallest absolute Gasteiger partial charge is 0.328 e. The molecule has 0 heterocycles. The van der Waals surface area contributed by atoms with Crippen molar-refractivity contribution < 1.29 is 34.8 Å². The van der Waals surface area contributed by atoms with Crippen LogP contribution in [-0.2, 0) is 30.3 Å². The number of aromatic hydroxyl groups is 1. The van der Waals surface area contributed by atoms with Gasteiger partial charge in [-0.25, -0.2) is 4.79 Å². The van der Waals surface area contributed by atoms with E-state index in [1.807, 2.05) is 0 Å². The zero-order valence-electron chi connectivity index (χ0n) is 17.7. The van der Waals surface area contributed by atoms with Gasteiger partial charge < -0.3 is 31.5 Å². The van der Waals surface area contributed by atoms with E-state index in [0.717, 1.165) is 5.56 Å². The minimum absolute atomic E-state index is 0.129. The fourth-order valence-corrected chi connectivity index (χ4v) is 2.58. The van der Waals surface area contributed by atoms with Crippen LogP contribution < -0.4 is 21.7 Å². The highest BCUT2D eigenvalue weighted by Crippen LogP contribution is 2.10. The molecular formula is C20H31N4O6+. The number of esters is 1. The number of quaternary nitrogens is 1. The first-order valence-electron chi connectivity index (χ1n) is 9.61. The topological polar surface area (TPSA) is 161 Å². The molecular weight excluding hydrogens is 392 g/mol. The number of rotatable bonds is 10. The Bertz CT molecular complexity index is 750. The van der Waals surface area contributed by atoms with Gasteiger partial charge in [0.25, 0.3) is 5.91 Å². The Morgan fingerprint density at radius 2 is 1.63 bits per heavy atom. The first kappa shape index (κ1) is 24.9. The molecule has 1 aromatic rings. The van der Waals surface area contributed by atoms with Crippen molar-refractivity contribution in [3.05, 3.63) is 29.8 Å². The van der Waals surface area contributed by atoms with E-state index in [0.29, 0.717) is 6.42 Å². The lowest BCUT2D eigenvalue weighted by molar-refractivity contribution is -0.403. The van der Waals surface area contributed by atoms with Crippen molar-refractivity contribution in [2.75, 3.05) is 13.7 Å². The van der Waals surface area contributed by atoms with E-state index >= 15 is 0 Å². The Morgan fingerprint density at radius 3 is 2.17 bits per heavy atom. The van der Waals surface area contributed by atoms with E-state index in [9.17, 15) is 24.3 Å². The van der Waals surface area contributed by atoms with Crippen LogP contribution in [0.15, 0.2) is 24.3 Å².